The molecular weight excluding hydrogens is 337 g/mol. The molecule has 1 saturated carbocycles. The predicted molar refractivity (Wildman–Crippen MR) is 84.2 cm³/mol. The van der Waals surface area contributed by atoms with Crippen LogP contribution in [0.2, 0.25) is 0 Å². The molecule has 1 N–H and O–H groups in total. The number of methoxy groups -OCH3 is 1. The topological polar surface area (TPSA) is 62.1 Å². The average Bonchev–Trinajstić information content (AvgIpc) is 2.74. The summed E-state index contributed by atoms with van der Waals surface area (Å²) in [5.74, 6) is -1.88. The molecular formula is C17H19F3N2O3. The van der Waals surface area contributed by atoms with Gasteiger partial charge in [0.2, 0.25) is 0 Å². The van der Waals surface area contributed by atoms with Gasteiger partial charge in [0.15, 0.2) is 0 Å². The molecule has 1 heterocycles. The lowest BCUT2D eigenvalue weighted by atomic mass is 9.87. The minimum Gasteiger partial charge on any atom is -0.497 e. The van der Waals surface area contributed by atoms with Crippen molar-refractivity contribution in [3.8, 4) is 5.75 Å². The van der Waals surface area contributed by atoms with Crippen molar-refractivity contribution in [3.05, 3.63) is 29.8 Å². The lowest BCUT2D eigenvalue weighted by Crippen LogP contribution is -2.61. The average molecular weight is 356 g/mol. The number of hydrazone groups is 1. The van der Waals surface area contributed by atoms with Gasteiger partial charge in [0.25, 0.3) is 11.6 Å². The quantitative estimate of drug-likeness (QED) is 0.884. The van der Waals surface area contributed by atoms with Gasteiger partial charge in [-0.05, 0) is 37.5 Å². The summed E-state index contributed by atoms with van der Waals surface area (Å²) in [7, 11) is 1.39. The number of rotatable bonds is 2. The number of benzene rings is 1. The van der Waals surface area contributed by atoms with E-state index >= 15 is 0 Å². The van der Waals surface area contributed by atoms with Gasteiger partial charge in [-0.3, -0.25) is 4.79 Å². The highest BCUT2D eigenvalue weighted by molar-refractivity contribution is 5.99. The van der Waals surface area contributed by atoms with Gasteiger partial charge in [-0.2, -0.15) is 23.3 Å². The second kappa shape index (κ2) is 6.33. The summed E-state index contributed by atoms with van der Waals surface area (Å²) in [6, 6.07) is 5.77. The summed E-state index contributed by atoms with van der Waals surface area (Å²) >= 11 is 0. The lowest BCUT2D eigenvalue weighted by molar-refractivity contribution is -0.312. The summed E-state index contributed by atoms with van der Waals surface area (Å²) < 4.78 is 46.3. The molecule has 1 aliphatic carbocycles. The van der Waals surface area contributed by atoms with Crippen molar-refractivity contribution in [2.45, 2.75) is 44.0 Å². The Bertz CT molecular complexity index is 705. The van der Waals surface area contributed by atoms with Crippen LogP contribution in [0, 0.1) is 5.92 Å². The second-order valence-electron chi connectivity index (χ2n) is 6.32. The van der Waals surface area contributed by atoms with E-state index in [0.717, 1.165) is 6.42 Å². The smallest absolute Gasteiger partial charge is 0.439 e. The largest absolute Gasteiger partial charge is 0.497 e. The van der Waals surface area contributed by atoms with Crippen molar-refractivity contribution in [2.75, 3.05) is 7.11 Å². The maximum Gasteiger partial charge on any atom is 0.439 e. The number of carbonyl (C=O) groups excluding carboxylic acids is 1. The van der Waals surface area contributed by atoms with Crippen LogP contribution in [0.5, 0.6) is 5.75 Å². The van der Waals surface area contributed by atoms with E-state index in [9.17, 15) is 23.1 Å². The van der Waals surface area contributed by atoms with Crippen molar-refractivity contribution in [3.63, 3.8) is 0 Å². The molecule has 0 saturated heterocycles. The Morgan fingerprint density at radius 1 is 1.36 bits per heavy atom. The van der Waals surface area contributed by atoms with Crippen LogP contribution in [0.15, 0.2) is 29.4 Å². The Hall–Kier alpha value is -2.09. The van der Waals surface area contributed by atoms with Gasteiger partial charge in [0.1, 0.15) is 5.75 Å². The van der Waals surface area contributed by atoms with E-state index in [4.69, 9.17) is 4.74 Å². The first-order chi connectivity index (χ1) is 11.8. The van der Waals surface area contributed by atoms with Gasteiger partial charge in [-0.1, -0.05) is 18.9 Å². The van der Waals surface area contributed by atoms with Crippen molar-refractivity contribution < 1.29 is 27.8 Å². The molecule has 136 valence electrons. The molecule has 0 aromatic heterocycles. The first-order valence-electron chi connectivity index (χ1n) is 8.14. The number of aliphatic hydroxyl groups is 1. The molecule has 0 radical (unpaired) electrons. The molecule has 5 nitrogen and oxygen atoms in total. The summed E-state index contributed by atoms with van der Waals surface area (Å²) in [6.07, 6.45) is -2.47. The van der Waals surface area contributed by atoms with Gasteiger partial charge in [-0.15, -0.1) is 0 Å². The SMILES string of the molecule is COc1cccc(C(=O)N2N=C3CCCCC[C@H]3[C@@]2(O)C(F)(F)F)c1. The minimum atomic E-state index is -5.01. The van der Waals surface area contributed by atoms with Gasteiger partial charge >= 0.3 is 6.18 Å². The van der Waals surface area contributed by atoms with Crippen LogP contribution in [-0.4, -0.2) is 40.7 Å². The Morgan fingerprint density at radius 2 is 2.12 bits per heavy atom. The highest BCUT2D eigenvalue weighted by atomic mass is 19.4. The van der Waals surface area contributed by atoms with Crippen LogP contribution in [0.3, 0.4) is 0 Å². The monoisotopic (exact) mass is 356 g/mol. The third kappa shape index (κ3) is 2.88. The maximum atomic E-state index is 13.8. The van der Waals surface area contributed by atoms with Crippen LogP contribution in [0.1, 0.15) is 42.5 Å². The van der Waals surface area contributed by atoms with Crippen molar-refractivity contribution in [2.24, 2.45) is 11.0 Å². The number of carbonyl (C=O) groups is 1. The van der Waals surface area contributed by atoms with Gasteiger partial charge < -0.3 is 9.84 Å². The van der Waals surface area contributed by atoms with Crippen molar-refractivity contribution in [1.82, 2.24) is 5.01 Å². The molecule has 2 aliphatic rings. The van der Waals surface area contributed by atoms with E-state index < -0.39 is 23.7 Å². The number of fused-ring (bicyclic) bond motifs is 1. The predicted octanol–water partition coefficient (Wildman–Crippen LogP) is 3.34. The fourth-order valence-corrected chi connectivity index (χ4v) is 3.47. The van der Waals surface area contributed by atoms with Crippen LogP contribution in [0.25, 0.3) is 0 Å². The minimum absolute atomic E-state index is 0.0252. The number of nitrogens with zero attached hydrogens (tertiary/aromatic N) is 2. The standard InChI is InChI=1S/C17H19F3N2O3/c1-25-12-7-5-6-11(10-12)15(23)22-16(24,17(18,19)20)13-8-3-2-4-9-14(13)21-22/h5-7,10,13,24H,2-4,8-9H2,1H3/t13-,16-/m1/s1. The number of halogens is 3. The van der Waals surface area contributed by atoms with E-state index in [-0.39, 0.29) is 22.7 Å². The van der Waals surface area contributed by atoms with Crippen molar-refractivity contribution in [1.29, 1.82) is 0 Å². The summed E-state index contributed by atoms with van der Waals surface area (Å²) in [5.41, 5.74) is -3.09. The zero-order valence-electron chi connectivity index (χ0n) is 13.7. The highest BCUT2D eigenvalue weighted by Crippen LogP contribution is 2.48. The normalized spacial score (nSPS) is 26.7. The second-order valence-corrected chi connectivity index (χ2v) is 6.32. The third-order valence-electron chi connectivity index (χ3n) is 4.79. The molecule has 0 spiro atoms. The Morgan fingerprint density at radius 3 is 2.80 bits per heavy atom. The van der Waals surface area contributed by atoms with Crippen LogP contribution in [0.4, 0.5) is 13.2 Å². The third-order valence-corrected chi connectivity index (χ3v) is 4.79. The van der Waals surface area contributed by atoms with E-state index in [1.807, 2.05) is 0 Å². The zero-order valence-corrected chi connectivity index (χ0v) is 13.7. The van der Waals surface area contributed by atoms with Crippen LogP contribution in [-0.2, 0) is 0 Å². The van der Waals surface area contributed by atoms with Gasteiger partial charge in [0.05, 0.1) is 13.0 Å². The number of amides is 1. The molecule has 2 atom stereocenters. The number of hydrogen-bond acceptors (Lipinski definition) is 4. The number of alkyl halides is 3. The Kier molecular flexibility index (Phi) is 4.49. The Balaban J connectivity index is 2.04. The first kappa shape index (κ1) is 17.7. The summed E-state index contributed by atoms with van der Waals surface area (Å²) in [4.78, 5) is 12.7. The lowest BCUT2D eigenvalue weighted by Gasteiger charge is -2.37. The molecule has 0 unspecified atom stereocenters. The molecule has 8 heteroatoms. The Labute approximate surface area is 143 Å². The summed E-state index contributed by atoms with van der Waals surface area (Å²) in [5, 5.41) is 14.7. The molecule has 1 amide bonds. The fraction of sp³-hybridized carbons (Fsp3) is 0.529. The van der Waals surface area contributed by atoms with Crippen LogP contribution >= 0.6 is 0 Å². The molecule has 0 bridgehead atoms. The number of ether oxygens (including phenoxy) is 1. The van der Waals surface area contributed by atoms with E-state index in [2.05, 4.69) is 5.10 Å². The zero-order chi connectivity index (χ0) is 18.2. The molecule has 1 aromatic carbocycles. The molecule has 1 aliphatic heterocycles. The van der Waals surface area contributed by atoms with Crippen LogP contribution < -0.4 is 4.74 Å². The van der Waals surface area contributed by atoms with Gasteiger partial charge in [-0.25, -0.2) is 0 Å². The molecule has 1 aromatic rings. The maximum absolute atomic E-state index is 13.8. The van der Waals surface area contributed by atoms with E-state index in [1.54, 1.807) is 6.07 Å². The summed E-state index contributed by atoms with van der Waals surface area (Å²) in [6.45, 7) is 0. The molecule has 3 rings (SSSR count). The number of hydrogen-bond donors (Lipinski definition) is 1. The van der Waals surface area contributed by atoms with E-state index in [1.165, 1.54) is 25.3 Å². The van der Waals surface area contributed by atoms with Crippen molar-refractivity contribution >= 4 is 11.6 Å². The first-order valence-corrected chi connectivity index (χ1v) is 8.14. The highest BCUT2D eigenvalue weighted by Gasteiger charge is 2.68. The van der Waals surface area contributed by atoms with E-state index in [0.29, 0.717) is 25.0 Å². The molecule has 1 fully saturated rings. The molecule has 25 heavy (non-hydrogen) atoms. The van der Waals surface area contributed by atoms with Gasteiger partial charge in [0, 0.05) is 11.3 Å². The fourth-order valence-electron chi connectivity index (χ4n) is 3.47.